The molecule has 0 aromatic heterocycles. The van der Waals surface area contributed by atoms with Crippen LogP contribution in [-0.4, -0.2) is 31.4 Å². The Balaban J connectivity index is 2.15. The normalized spacial score (nSPS) is 9.75. The number of ether oxygens (including phenoxy) is 1. The summed E-state index contributed by atoms with van der Waals surface area (Å²) in [6, 6.07) is 9.11. The topological polar surface area (TPSA) is 65.3 Å². The molecule has 0 aliphatic rings. The molecule has 1 aromatic rings. The van der Waals surface area contributed by atoms with E-state index in [1.165, 1.54) is 0 Å². The predicted molar refractivity (Wildman–Crippen MR) is 61.2 cm³/mol. The van der Waals surface area contributed by atoms with Gasteiger partial charge in [0.05, 0.1) is 24.8 Å². The van der Waals surface area contributed by atoms with Crippen LogP contribution in [0, 0.1) is 11.3 Å². The number of nitrogens with one attached hydrogen (secondary N) is 1. The van der Waals surface area contributed by atoms with Crippen LogP contribution >= 0.6 is 0 Å². The number of rotatable bonds is 7. The smallest absolute Gasteiger partial charge is 0.119 e. The van der Waals surface area contributed by atoms with Gasteiger partial charge in [0.1, 0.15) is 5.75 Å². The van der Waals surface area contributed by atoms with Crippen LogP contribution in [0.2, 0.25) is 0 Å². The molecule has 0 radical (unpaired) electrons. The summed E-state index contributed by atoms with van der Waals surface area (Å²) in [7, 11) is 0. The van der Waals surface area contributed by atoms with Crippen LogP contribution in [-0.2, 0) is 0 Å². The second-order valence-corrected chi connectivity index (χ2v) is 3.31. The highest BCUT2D eigenvalue weighted by Crippen LogP contribution is 2.11. The highest BCUT2D eigenvalue weighted by atomic mass is 16.5. The number of nitriles is 1. The molecule has 1 aromatic carbocycles. The minimum atomic E-state index is 0.163. The molecule has 0 spiro atoms. The number of benzene rings is 1. The Labute approximate surface area is 95.5 Å². The van der Waals surface area contributed by atoms with Gasteiger partial charge in [-0.15, -0.1) is 0 Å². The number of hydrogen-bond donors (Lipinski definition) is 2. The van der Waals surface area contributed by atoms with Gasteiger partial charge in [-0.3, -0.25) is 0 Å². The van der Waals surface area contributed by atoms with Gasteiger partial charge in [0, 0.05) is 6.54 Å². The highest BCUT2D eigenvalue weighted by molar-refractivity contribution is 5.34. The van der Waals surface area contributed by atoms with Gasteiger partial charge in [0.2, 0.25) is 0 Å². The Bertz CT molecular complexity index is 330. The molecule has 0 aliphatic carbocycles. The van der Waals surface area contributed by atoms with Crippen molar-refractivity contribution in [3.05, 3.63) is 29.8 Å². The summed E-state index contributed by atoms with van der Waals surface area (Å²) in [5.74, 6) is 0.779. The Morgan fingerprint density at radius 1 is 1.25 bits per heavy atom. The lowest BCUT2D eigenvalue weighted by atomic mass is 10.2. The van der Waals surface area contributed by atoms with Crippen molar-refractivity contribution >= 4 is 0 Å². The summed E-state index contributed by atoms with van der Waals surface area (Å²) in [5, 5.41) is 20.2. The van der Waals surface area contributed by atoms with Crippen molar-refractivity contribution in [1.82, 2.24) is 5.32 Å². The summed E-state index contributed by atoms with van der Waals surface area (Å²) in [6.07, 6.45) is 0.889. The van der Waals surface area contributed by atoms with E-state index in [1.807, 2.05) is 0 Å². The third-order valence-electron chi connectivity index (χ3n) is 2.04. The minimum absolute atomic E-state index is 0.163. The van der Waals surface area contributed by atoms with Crippen molar-refractivity contribution in [2.75, 3.05) is 26.3 Å². The first kappa shape index (κ1) is 12.5. The predicted octanol–water partition coefficient (Wildman–Crippen LogP) is 0.909. The summed E-state index contributed by atoms with van der Waals surface area (Å²) >= 11 is 0. The molecule has 4 nitrogen and oxygen atoms in total. The van der Waals surface area contributed by atoms with Gasteiger partial charge in [-0.1, -0.05) is 0 Å². The standard InChI is InChI=1S/C12H16N2O2/c13-10-11-2-4-12(5-3-11)16-9-1-6-14-7-8-15/h2-5,14-15H,1,6-9H2. The second-order valence-electron chi connectivity index (χ2n) is 3.31. The molecule has 16 heavy (non-hydrogen) atoms. The molecule has 0 saturated carbocycles. The van der Waals surface area contributed by atoms with Gasteiger partial charge in [-0.2, -0.15) is 5.26 Å². The molecule has 0 aliphatic heterocycles. The molecule has 1 rings (SSSR count). The zero-order valence-corrected chi connectivity index (χ0v) is 9.15. The maximum absolute atomic E-state index is 8.61. The Morgan fingerprint density at radius 3 is 2.62 bits per heavy atom. The van der Waals surface area contributed by atoms with Crippen LogP contribution in [0.1, 0.15) is 12.0 Å². The monoisotopic (exact) mass is 220 g/mol. The van der Waals surface area contributed by atoms with Gasteiger partial charge in [0.25, 0.3) is 0 Å². The minimum Gasteiger partial charge on any atom is -0.494 e. The van der Waals surface area contributed by atoms with Crippen LogP contribution in [0.3, 0.4) is 0 Å². The summed E-state index contributed by atoms with van der Waals surface area (Å²) in [5.41, 5.74) is 0.636. The molecule has 2 N–H and O–H groups in total. The van der Waals surface area contributed by atoms with Gasteiger partial charge < -0.3 is 15.2 Å². The lowest BCUT2D eigenvalue weighted by Gasteiger charge is -2.06. The van der Waals surface area contributed by atoms with Gasteiger partial charge >= 0.3 is 0 Å². The Hall–Kier alpha value is -1.57. The van der Waals surface area contributed by atoms with E-state index in [-0.39, 0.29) is 6.61 Å². The average Bonchev–Trinajstić information content (AvgIpc) is 2.34. The fourth-order valence-electron chi connectivity index (χ4n) is 1.22. The van der Waals surface area contributed by atoms with E-state index in [0.29, 0.717) is 18.7 Å². The van der Waals surface area contributed by atoms with Crippen LogP contribution in [0.25, 0.3) is 0 Å². The Kier molecular flexibility index (Phi) is 6.00. The maximum atomic E-state index is 8.61. The molecule has 0 amide bonds. The van der Waals surface area contributed by atoms with Crippen LogP contribution in [0.4, 0.5) is 0 Å². The van der Waals surface area contributed by atoms with E-state index in [0.717, 1.165) is 18.7 Å². The molecular formula is C12H16N2O2. The number of aliphatic hydroxyl groups is 1. The van der Waals surface area contributed by atoms with Crippen molar-refractivity contribution in [2.24, 2.45) is 0 Å². The third kappa shape index (κ3) is 4.78. The quantitative estimate of drug-likeness (QED) is 0.670. The maximum Gasteiger partial charge on any atom is 0.119 e. The van der Waals surface area contributed by atoms with E-state index in [4.69, 9.17) is 15.1 Å². The lowest BCUT2D eigenvalue weighted by molar-refractivity contribution is 0.282. The first-order valence-electron chi connectivity index (χ1n) is 5.31. The average molecular weight is 220 g/mol. The zero-order valence-electron chi connectivity index (χ0n) is 9.15. The highest BCUT2D eigenvalue weighted by Gasteiger charge is 1.94. The molecule has 0 fully saturated rings. The number of aliphatic hydroxyl groups excluding tert-OH is 1. The van der Waals surface area contributed by atoms with Crippen molar-refractivity contribution in [3.8, 4) is 11.8 Å². The van der Waals surface area contributed by atoms with Crippen LogP contribution in [0.15, 0.2) is 24.3 Å². The van der Waals surface area contributed by atoms with Crippen molar-refractivity contribution in [3.63, 3.8) is 0 Å². The van der Waals surface area contributed by atoms with E-state index < -0.39 is 0 Å². The molecule has 0 bridgehead atoms. The van der Waals surface area contributed by atoms with E-state index >= 15 is 0 Å². The van der Waals surface area contributed by atoms with Crippen molar-refractivity contribution in [1.29, 1.82) is 5.26 Å². The number of hydrogen-bond acceptors (Lipinski definition) is 4. The Morgan fingerprint density at radius 2 is 2.00 bits per heavy atom. The largest absolute Gasteiger partial charge is 0.494 e. The van der Waals surface area contributed by atoms with Crippen molar-refractivity contribution in [2.45, 2.75) is 6.42 Å². The molecule has 0 atom stereocenters. The molecule has 86 valence electrons. The van der Waals surface area contributed by atoms with E-state index in [1.54, 1.807) is 24.3 Å². The van der Waals surface area contributed by atoms with Crippen LogP contribution < -0.4 is 10.1 Å². The first-order valence-corrected chi connectivity index (χ1v) is 5.31. The van der Waals surface area contributed by atoms with E-state index in [9.17, 15) is 0 Å². The number of nitrogens with zero attached hydrogens (tertiary/aromatic N) is 1. The summed E-state index contributed by atoms with van der Waals surface area (Å²) < 4.78 is 5.47. The molecule has 0 heterocycles. The fraction of sp³-hybridized carbons (Fsp3) is 0.417. The SMILES string of the molecule is N#Cc1ccc(OCCCNCCO)cc1. The fourth-order valence-corrected chi connectivity index (χ4v) is 1.22. The third-order valence-corrected chi connectivity index (χ3v) is 2.04. The van der Waals surface area contributed by atoms with Gasteiger partial charge in [-0.05, 0) is 37.2 Å². The van der Waals surface area contributed by atoms with Gasteiger partial charge in [0.15, 0.2) is 0 Å². The van der Waals surface area contributed by atoms with E-state index in [2.05, 4.69) is 11.4 Å². The molecule has 0 unspecified atom stereocenters. The molecule has 4 heteroatoms. The van der Waals surface area contributed by atoms with Gasteiger partial charge in [-0.25, -0.2) is 0 Å². The summed E-state index contributed by atoms with van der Waals surface area (Å²) in [6.45, 7) is 2.24. The second kappa shape index (κ2) is 7.69. The summed E-state index contributed by atoms with van der Waals surface area (Å²) in [4.78, 5) is 0. The van der Waals surface area contributed by atoms with Crippen molar-refractivity contribution < 1.29 is 9.84 Å². The first-order chi connectivity index (χ1) is 7.86. The van der Waals surface area contributed by atoms with Crippen LogP contribution in [0.5, 0.6) is 5.75 Å². The molecule has 0 saturated heterocycles. The lowest BCUT2D eigenvalue weighted by Crippen LogP contribution is -2.20. The zero-order chi connectivity index (χ0) is 11.6. The molecular weight excluding hydrogens is 204 g/mol.